The van der Waals surface area contributed by atoms with Crippen molar-refractivity contribution < 1.29 is 14.7 Å². The number of phenols is 1. The fourth-order valence-electron chi connectivity index (χ4n) is 2.96. The SMILES string of the molecule is O=C1NC(=O)c2c(-c3ccccc3O)c1cc1ccccc21. The highest BCUT2D eigenvalue weighted by Gasteiger charge is 2.30. The van der Waals surface area contributed by atoms with Gasteiger partial charge in [0.25, 0.3) is 11.8 Å². The lowest BCUT2D eigenvalue weighted by Gasteiger charge is -2.22. The Morgan fingerprint density at radius 3 is 2.32 bits per heavy atom. The Hall–Kier alpha value is -3.14. The van der Waals surface area contributed by atoms with Gasteiger partial charge >= 0.3 is 0 Å². The van der Waals surface area contributed by atoms with Gasteiger partial charge in [-0.1, -0.05) is 42.5 Å². The van der Waals surface area contributed by atoms with Crippen LogP contribution in [0.1, 0.15) is 20.7 Å². The molecule has 4 heteroatoms. The van der Waals surface area contributed by atoms with Crippen molar-refractivity contribution in [2.45, 2.75) is 0 Å². The minimum Gasteiger partial charge on any atom is -0.507 e. The van der Waals surface area contributed by atoms with Crippen LogP contribution in [0.25, 0.3) is 21.9 Å². The van der Waals surface area contributed by atoms with Crippen LogP contribution in [0.15, 0.2) is 54.6 Å². The van der Waals surface area contributed by atoms with E-state index in [0.717, 1.165) is 10.8 Å². The topological polar surface area (TPSA) is 66.4 Å². The minimum atomic E-state index is -0.443. The second-order valence-corrected chi connectivity index (χ2v) is 5.20. The fraction of sp³-hybridized carbons (Fsp3) is 0. The third-order valence-electron chi connectivity index (χ3n) is 3.92. The summed E-state index contributed by atoms with van der Waals surface area (Å²) in [4.78, 5) is 24.6. The van der Waals surface area contributed by atoms with Crippen LogP contribution >= 0.6 is 0 Å². The standard InChI is InChI=1S/C18H11NO3/c20-14-8-4-3-7-12(14)15-13-9-10-5-1-2-6-11(10)16(15)18(22)19-17(13)21/h1-9,20H,(H,19,21,22). The summed E-state index contributed by atoms with van der Waals surface area (Å²) in [6, 6.07) is 15.9. The number of imide groups is 1. The third kappa shape index (κ3) is 1.64. The van der Waals surface area contributed by atoms with Crippen LogP contribution in [0.3, 0.4) is 0 Å². The first-order valence-corrected chi connectivity index (χ1v) is 6.86. The largest absolute Gasteiger partial charge is 0.507 e. The molecule has 0 aromatic heterocycles. The van der Waals surface area contributed by atoms with Crippen molar-refractivity contribution >= 4 is 22.6 Å². The van der Waals surface area contributed by atoms with Crippen LogP contribution in [-0.2, 0) is 0 Å². The summed E-state index contributed by atoms with van der Waals surface area (Å²) >= 11 is 0. The monoisotopic (exact) mass is 289 g/mol. The first-order chi connectivity index (χ1) is 10.7. The molecule has 0 fully saturated rings. The van der Waals surface area contributed by atoms with Crippen molar-refractivity contribution in [1.82, 2.24) is 5.32 Å². The van der Waals surface area contributed by atoms with E-state index in [1.54, 1.807) is 30.3 Å². The Balaban J connectivity index is 2.21. The Kier molecular flexibility index (Phi) is 2.53. The maximum atomic E-state index is 12.4. The predicted octanol–water partition coefficient (Wildman–Crippen LogP) is 3.10. The number of hydrogen-bond donors (Lipinski definition) is 2. The number of aromatic hydroxyl groups is 1. The quantitative estimate of drug-likeness (QED) is 0.676. The number of phenolic OH excluding ortho intramolecular Hbond substituents is 1. The summed E-state index contributed by atoms with van der Waals surface area (Å²) < 4.78 is 0. The summed E-state index contributed by atoms with van der Waals surface area (Å²) in [6.07, 6.45) is 0. The van der Waals surface area contributed by atoms with Crippen molar-refractivity contribution in [3.05, 3.63) is 65.7 Å². The number of fused-ring (bicyclic) bond motifs is 4. The molecule has 4 rings (SSSR count). The van der Waals surface area contributed by atoms with Crippen molar-refractivity contribution in [3.8, 4) is 16.9 Å². The molecule has 0 saturated carbocycles. The number of para-hydroxylation sites is 1. The molecule has 4 nitrogen and oxygen atoms in total. The zero-order chi connectivity index (χ0) is 15.3. The van der Waals surface area contributed by atoms with Crippen LogP contribution in [0.5, 0.6) is 5.75 Å². The molecule has 0 radical (unpaired) electrons. The van der Waals surface area contributed by atoms with Gasteiger partial charge in [-0.05, 0) is 22.9 Å². The molecule has 2 bridgehead atoms. The van der Waals surface area contributed by atoms with E-state index in [9.17, 15) is 14.7 Å². The minimum absolute atomic E-state index is 0.0442. The van der Waals surface area contributed by atoms with Crippen LogP contribution in [-0.4, -0.2) is 16.9 Å². The lowest BCUT2D eigenvalue weighted by atomic mass is 9.86. The Morgan fingerprint density at radius 2 is 1.50 bits per heavy atom. The molecule has 0 atom stereocenters. The molecule has 1 heterocycles. The Bertz CT molecular complexity index is 960. The average molecular weight is 289 g/mol. The number of nitrogens with one attached hydrogen (secondary N) is 1. The summed E-state index contributed by atoms with van der Waals surface area (Å²) in [6.45, 7) is 0. The maximum Gasteiger partial charge on any atom is 0.259 e. The van der Waals surface area contributed by atoms with Gasteiger partial charge in [-0.15, -0.1) is 0 Å². The number of rotatable bonds is 1. The summed E-state index contributed by atoms with van der Waals surface area (Å²) in [5.74, 6) is -0.836. The second kappa shape index (κ2) is 4.43. The second-order valence-electron chi connectivity index (χ2n) is 5.20. The van der Waals surface area contributed by atoms with Gasteiger partial charge in [0.05, 0.1) is 5.56 Å². The Morgan fingerprint density at radius 1 is 0.773 bits per heavy atom. The molecule has 22 heavy (non-hydrogen) atoms. The van der Waals surface area contributed by atoms with Gasteiger partial charge in [0.15, 0.2) is 0 Å². The van der Waals surface area contributed by atoms with E-state index < -0.39 is 11.8 Å². The Labute approximate surface area is 126 Å². The number of hydrogen-bond acceptors (Lipinski definition) is 3. The zero-order valence-electron chi connectivity index (χ0n) is 11.5. The molecule has 2 amide bonds. The molecule has 1 aliphatic heterocycles. The van der Waals surface area contributed by atoms with E-state index in [4.69, 9.17) is 0 Å². The van der Waals surface area contributed by atoms with Crippen molar-refractivity contribution in [2.24, 2.45) is 0 Å². The van der Waals surface area contributed by atoms with E-state index in [1.807, 2.05) is 24.3 Å². The lowest BCUT2D eigenvalue weighted by Crippen LogP contribution is -2.36. The van der Waals surface area contributed by atoms with Gasteiger partial charge < -0.3 is 5.11 Å². The van der Waals surface area contributed by atoms with Gasteiger partial charge in [0.2, 0.25) is 0 Å². The van der Waals surface area contributed by atoms with Crippen LogP contribution in [0, 0.1) is 0 Å². The normalized spacial score (nSPS) is 13.3. The first kappa shape index (κ1) is 12.6. The molecule has 106 valence electrons. The smallest absolute Gasteiger partial charge is 0.259 e. The maximum absolute atomic E-state index is 12.4. The first-order valence-electron chi connectivity index (χ1n) is 6.86. The lowest BCUT2D eigenvalue weighted by molar-refractivity contribution is 0.0843. The highest BCUT2D eigenvalue weighted by molar-refractivity contribution is 6.27. The van der Waals surface area contributed by atoms with Gasteiger partial charge in [0.1, 0.15) is 5.75 Å². The highest BCUT2D eigenvalue weighted by Crippen LogP contribution is 2.39. The van der Waals surface area contributed by atoms with E-state index >= 15 is 0 Å². The van der Waals surface area contributed by atoms with Crippen molar-refractivity contribution in [2.75, 3.05) is 0 Å². The van der Waals surface area contributed by atoms with Crippen LogP contribution in [0.2, 0.25) is 0 Å². The van der Waals surface area contributed by atoms with E-state index in [-0.39, 0.29) is 5.75 Å². The van der Waals surface area contributed by atoms with E-state index in [2.05, 4.69) is 5.32 Å². The molecule has 0 spiro atoms. The third-order valence-corrected chi connectivity index (χ3v) is 3.92. The molecule has 1 aliphatic rings. The molecule has 0 saturated heterocycles. The van der Waals surface area contributed by atoms with Gasteiger partial charge in [-0.25, -0.2) is 0 Å². The van der Waals surface area contributed by atoms with E-state index in [1.165, 1.54) is 0 Å². The molecular formula is C18H11NO3. The van der Waals surface area contributed by atoms with Crippen LogP contribution < -0.4 is 5.32 Å². The number of amides is 2. The van der Waals surface area contributed by atoms with Crippen LogP contribution in [0.4, 0.5) is 0 Å². The highest BCUT2D eigenvalue weighted by atomic mass is 16.3. The number of carbonyl (C=O) groups is 2. The zero-order valence-corrected chi connectivity index (χ0v) is 11.5. The molecule has 0 aliphatic carbocycles. The van der Waals surface area contributed by atoms with E-state index in [0.29, 0.717) is 22.3 Å². The summed E-state index contributed by atoms with van der Waals surface area (Å²) in [7, 11) is 0. The van der Waals surface area contributed by atoms with Gasteiger partial charge in [-0.2, -0.15) is 0 Å². The van der Waals surface area contributed by atoms with Gasteiger partial charge in [0, 0.05) is 16.7 Å². The van der Waals surface area contributed by atoms with Gasteiger partial charge in [-0.3, -0.25) is 14.9 Å². The molecule has 3 aromatic carbocycles. The molecule has 2 N–H and O–H groups in total. The fourth-order valence-corrected chi connectivity index (χ4v) is 2.96. The summed E-state index contributed by atoms with van der Waals surface area (Å²) in [5.41, 5.74) is 1.80. The van der Waals surface area contributed by atoms with Crippen molar-refractivity contribution in [1.29, 1.82) is 0 Å². The molecular weight excluding hydrogens is 278 g/mol. The summed E-state index contributed by atoms with van der Waals surface area (Å²) in [5, 5.41) is 14.1. The predicted molar refractivity (Wildman–Crippen MR) is 82.8 cm³/mol. The average Bonchev–Trinajstić information content (AvgIpc) is 2.52. The van der Waals surface area contributed by atoms with Crippen molar-refractivity contribution in [3.63, 3.8) is 0 Å². The number of carbonyl (C=O) groups excluding carboxylic acids is 2. The number of benzene rings is 3. The molecule has 0 unspecified atom stereocenters. The molecule has 3 aromatic rings.